The number of carbonyl (C=O) groups is 1. The smallest absolute Gasteiger partial charge is 0.232 e. The van der Waals surface area contributed by atoms with Crippen LogP contribution >= 0.6 is 0 Å². The van der Waals surface area contributed by atoms with Gasteiger partial charge >= 0.3 is 0 Å². The summed E-state index contributed by atoms with van der Waals surface area (Å²) in [5, 5.41) is 4.02. The summed E-state index contributed by atoms with van der Waals surface area (Å²) in [7, 11) is 3.15. The zero-order valence-corrected chi connectivity index (χ0v) is 15.0. The Morgan fingerprint density at radius 3 is 2.81 bits per heavy atom. The summed E-state index contributed by atoms with van der Waals surface area (Å²) in [6.45, 7) is 0.481. The van der Waals surface area contributed by atoms with Crippen LogP contribution in [0.3, 0.4) is 0 Å². The number of anilines is 1. The molecule has 3 aromatic rings. The highest BCUT2D eigenvalue weighted by molar-refractivity contribution is 5.96. The van der Waals surface area contributed by atoms with Crippen molar-refractivity contribution in [3.8, 4) is 23.0 Å². The van der Waals surface area contributed by atoms with Gasteiger partial charge in [0.1, 0.15) is 5.75 Å². The summed E-state index contributed by atoms with van der Waals surface area (Å²) >= 11 is 0. The van der Waals surface area contributed by atoms with Crippen molar-refractivity contribution in [1.29, 1.82) is 0 Å². The fourth-order valence-corrected chi connectivity index (χ4v) is 3.05. The number of carbonyl (C=O) groups excluding carboxylic acids is 1. The van der Waals surface area contributed by atoms with Crippen LogP contribution in [0.5, 0.6) is 11.6 Å². The van der Waals surface area contributed by atoms with Crippen molar-refractivity contribution in [3.63, 3.8) is 0 Å². The van der Waals surface area contributed by atoms with Gasteiger partial charge in [-0.05, 0) is 18.2 Å². The van der Waals surface area contributed by atoms with Crippen molar-refractivity contribution in [3.05, 3.63) is 48.5 Å². The van der Waals surface area contributed by atoms with E-state index >= 15 is 0 Å². The monoisotopic (exact) mass is 366 g/mol. The lowest BCUT2D eigenvalue weighted by molar-refractivity contribution is -0.117. The molecule has 1 aliphatic rings. The van der Waals surface area contributed by atoms with Crippen molar-refractivity contribution in [2.75, 3.05) is 25.7 Å². The number of aromatic nitrogens is 3. The van der Waals surface area contributed by atoms with Gasteiger partial charge < -0.3 is 18.9 Å². The molecular formula is C19H18N4O4. The largest absolute Gasteiger partial charge is 0.497 e. The van der Waals surface area contributed by atoms with Gasteiger partial charge in [-0.15, -0.1) is 0 Å². The zero-order valence-electron chi connectivity index (χ0n) is 15.0. The molecule has 8 heteroatoms. The van der Waals surface area contributed by atoms with Crippen LogP contribution in [-0.4, -0.2) is 41.8 Å². The topological polar surface area (TPSA) is 90.6 Å². The van der Waals surface area contributed by atoms with Gasteiger partial charge in [-0.1, -0.05) is 11.2 Å². The Hall–Kier alpha value is -3.42. The number of hydrogen-bond acceptors (Lipinski definition) is 7. The minimum atomic E-state index is -0.156. The SMILES string of the molecule is COc1cccc(N2CC(c3nc(-c4ccc(OC)nc4)no3)CC2=O)c1. The molecular weight excluding hydrogens is 348 g/mol. The second kappa shape index (κ2) is 7.06. The van der Waals surface area contributed by atoms with Gasteiger partial charge in [0.05, 0.1) is 20.1 Å². The van der Waals surface area contributed by atoms with Crippen LogP contribution in [0.4, 0.5) is 5.69 Å². The highest BCUT2D eigenvalue weighted by Gasteiger charge is 2.35. The second-order valence-electron chi connectivity index (χ2n) is 6.15. The van der Waals surface area contributed by atoms with Gasteiger partial charge in [0.25, 0.3) is 0 Å². The molecule has 0 N–H and O–H groups in total. The minimum absolute atomic E-state index is 0.0131. The molecule has 138 valence electrons. The summed E-state index contributed by atoms with van der Waals surface area (Å²) in [5.74, 6) is 1.95. The molecule has 1 saturated heterocycles. The molecule has 0 radical (unpaired) electrons. The van der Waals surface area contributed by atoms with E-state index in [0.29, 0.717) is 36.3 Å². The summed E-state index contributed by atoms with van der Waals surface area (Å²) < 4.78 is 15.7. The van der Waals surface area contributed by atoms with E-state index in [4.69, 9.17) is 14.0 Å². The molecule has 0 aliphatic carbocycles. The van der Waals surface area contributed by atoms with E-state index in [0.717, 1.165) is 11.3 Å². The third-order valence-electron chi connectivity index (χ3n) is 4.48. The van der Waals surface area contributed by atoms with E-state index in [2.05, 4.69) is 15.1 Å². The van der Waals surface area contributed by atoms with Crippen molar-refractivity contribution >= 4 is 11.6 Å². The molecule has 1 aromatic carbocycles. The van der Waals surface area contributed by atoms with Crippen molar-refractivity contribution in [2.24, 2.45) is 0 Å². The normalized spacial score (nSPS) is 16.6. The van der Waals surface area contributed by atoms with Gasteiger partial charge in [-0.2, -0.15) is 4.98 Å². The lowest BCUT2D eigenvalue weighted by Crippen LogP contribution is -2.24. The standard InChI is InChI=1S/C19H18N4O4/c1-25-15-5-3-4-14(9-15)23-11-13(8-17(23)24)19-21-18(22-27-19)12-6-7-16(26-2)20-10-12/h3-7,9-10,13H,8,11H2,1-2H3. The Bertz CT molecular complexity index is 954. The molecule has 1 aliphatic heterocycles. The number of nitrogens with zero attached hydrogens (tertiary/aromatic N) is 4. The van der Waals surface area contributed by atoms with E-state index in [1.54, 1.807) is 31.4 Å². The van der Waals surface area contributed by atoms with Gasteiger partial charge in [0, 0.05) is 42.5 Å². The van der Waals surface area contributed by atoms with E-state index in [-0.39, 0.29) is 11.8 Å². The molecule has 4 rings (SSSR count). The Morgan fingerprint density at radius 2 is 2.07 bits per heavy atom. The maximum Gasteiger partial charge on any atom is 0.232 e. The number of hydrogen-bond donors (Lipinski definition) is 0. The maximum atomic E-state index is 12.5. The van der Waals surface area contributed by atoms with E-state index in [9.17, 15) is 4.79 Å². The molecule has 8 nitrogen and oxygen atoms in total. The second-order valence-corrected chi connectivity index (χ2v) is 6.15. The number of pyridine rings is 1. The summed E-state index contributed by atoms with van der Waals surface area (Å²) in [5.41, 5.74) is 1.51. The van der Waals surface area contributed by atoms with E-state index in [1.807, 2.05) is 30.3 Å². The Morgan fingerprint density at radius 1 is 1.19 bits per heavy atom. The lowest BCUT2D eigenvalue weighted by Gasteiger charge is -2.16. The Labute approximate surface area is 155 Å². The number of rotatable bonds is 5. The summed E-state index contributed by atoms with van der Waals surface area (Å²) in [6, 6.07) is 11.0. The van der Waals surface area contributed by atoms with Crippen LogP contribution in [0.1, 0.15) is 18.2 Å². The molecule has 1 fully saturated rings. The molecule has 0 spiro atoms. The van der Waals surface area contributed by atoms with Crippen LogP contribution in [0.25, 0.3) is 11.4 Å². The van der Waals surface area contributed by atoms with Gasteiger partial charge in [0.2, 0.25) is 23.5 Å². The van der Waals surface area contributed by atoms with Crippen molar-refractivity contribution in [2.45, 2.75) is 12.3 Å². The van der Waals surface area contributed by atoms with Crippen molar-refractivity contribution < 1.29 is 18.8 Å². The average Bonchev–Trinajstić information content (AvgIpc) is 3.35. The molecule has 0 bridgehead atoms. The van der Waals surface area contributed by atoms with Crippen LogP contribution in [0.15, 0.2) is 47.1 Å². The molecule has 0 saturated carbocycles. The first-order chi connectivity index (χ1) is 13.2. The third-order valence-corrected chi connectivity index (χ3v) is 4.48. The van der Waals surface area contributed by atoms with Crippen LogP contribution in [-0.2, 0) is 4.79 Å². The number of ether oxygens (including phenoxy) is 2. The molecule has 2 aromatic heterocycles. The molecule has 27 heavy (non-hydrogen) atoms. The van der Waals surface area contributed by atoms with Crippen molar-refractivity contribution in [1.82, 2.24) is 15.1 Å². The Kier molecular flexibility index (Phi) is 4.45. The van der Waals surface area contributed by atoms with E-state index in [1.165, 1.54) is 0 Å². The van der Waals surface area contributed by atoms with Gasteiger partial charge in [-0.3, -0.25) is 4.79 Å². The maximum absolute atomic E-state index is 12.5. The van der Waals surface area contributed by atoms with E-state index < -0.39 is 0 Å². The summed E-state index contributed by atoms with van der Waals surface area (Å²) in [6.07, 6.45) is 1.94. The van der Waals surface area contributed by atoms with Gasteiger partial charge in [0.15, 0.2) is 0 Å². The van der Waals surface area contributed by atoms with Crippen LogP contribution in [0.2, 0.25) is 0 Å². The third kappa shape index (κ3) is 3.33. The van der Waals surface area contributed by atoms with Crippen LogP contribution < -0.4 is 14.4 Å². The molecule has 1 atom stereocenters. The highest BCUT2D eigenvalue weighted by Crippen LogP contribution is 2.33. The predicted octanol–water partition coefficient (Wildman–Crippen LogP) is 2.67. The number of amides is 1. The lowest BCUT2D eigenvalue weighted by atomic mass is 10.1. The number of benzene rings is 1. The molecule has 1 amide bonds. The number of methoxy groups -OCH3 is 2. The highest BCUT2D eigenvalue weighted by atomic mass is 16.5. The summed E-state index contributed by atoms with van der Waals surface area (Å²) in [4.78, 5) is 22.8. The quantitative estimate of drug-likeness (QED) is 0.685. The molecule has 1 unspecified atom stereocenters. The zero-order chi connectivity index (χ0) is 18.8. The first-order valence-corrected chi connectivity index (χ1v) is 8.46. The fourth-order valence-electron chi connectivity index (χ4n) is 3.05. The predicted molar refractivity (Wildman–Crippen MR) is 96.8 cm³/mol. The fraction of sp³-hybridized carbons (Fsp3) is 0.263. The minimum Gasteiger partial charge on any atom is -0.497 e. The first kappa shape index (κ1) is 17.0. The molecule has 3 heterocycles. The average molecular weight is 366 g/mol. The Balaban J connectivity index is 1.53. The van der Waals surface area contributed by atoms with Crippen LogP contribution in [0, 0.1) is 0 Å². The van der Waals surface area contributed by atoms with Gasteiger partial charge in [-0.25, -0.2) is 4.98 Å². The first-order valence-electron chi connectivity index (χ1n) is 8.46.